The van der Waals surface area contributed by atoms with Gasteiger partial charge in [0.15, 0.2) is 0 Å². The van der Waals surface area contributed by atoms with Gasteiger partial charge in [0.05, 0.1) is 11.1 Å². The molecule has 3 rings (SSSR count). The monoisotopic (exact) mass is 327 g/mol. The largest absolute Gasteiger partial charge is 0.423 e. The number of benzene rings is 2. The number of pyridine rings is 1. The van der Waals surface area contributed by atoms with E-state index in [0.717, 1.165) is 15.4 Å². The number of rotatable bonds is 2. The lowest BCUT2D eigenvalue weighted by molar-refractivity contribution is 0.0735. The Labute approximate surface area is 124 Å². The lowest BCUT2D eigenvalue weighted by atomic mass is 10.2. The number of aromatic nitrogens is 1. The maximum atomic E-state index is 12.0. The number of carbonyl (C=O) groups excluding carboxylic acids is 1. The predicted molar refractivity (Wildman–Crippen MR) is 80.8 cm³/mol. The lowest BCUT2D eigenvalue weighted by Gasteiger charge is -2.05. The first-order valence-electron chi connectivity index (χ1n) is 6.05. The van der Waals surface area contributed by atoms with Gasteiger partial charge >= 0.3 is 5.97 Å². The molecule has 0 unspecified atom stereocenters. The predicted octanol–water partition coefficient (Wildman–Crippen LogP) is 4.22. The molecule has 0 atom stereocenters. The molecule has 1 aromatic heterocycles. The van der Waals surface area contributed by atoms with Crippen molar-refractivity contribution < 1.29 is 9.53 Å². The zero-order valence-corrected chi connectivity index (χ0v) is 12.0. The molecule has 0 N–H and O–H groups in total. The fourth-order valence-electron chi connectivity index (χ4n) is 1.89. The number of fused-ring (bicyclic) bond motifs is 1. The molecule has 0 radical (unpaired) electrons. The van der Waals surface area contributed by atoms with Crippen molar-refractivity contribution >= 4 is 32.8 Å². The molecule has 0 saturated heterocycles. The number of halogens is 1. The molecule has 0 aliphatic heterocycles. The molecule has 0 saturated carbocycles. The molecule has 0 fully saturated rings. The zero-order valence-electron chi connectivity index (χ0n) is 10.4. The average Bonchev–Trinajstić information content (AvgIpc) is 2.47. The van der Waals surface area contributed by atoms with Gasteiger partial charge in [0.1, 0.15) is 5.75 Å². The zero-order chi connectivity index (χ0) is 13.9. The van der Waals surface area contributed by atoms with Crippen LogP contribution in [0.5, 0.6) is 5.75 Å². The molecule has 2 aromatic carbocycles. The summed E-state index contributed by atoms with van der Waals surface area (Å²) in [6.45, 7) is 0. The van der Waals surface area contributed by atoms with Crippen LogP contribution in [0.15, 0.2) is 65.3 Å². The molecular weight excluding hydrogens is 318 g/mol. The van der Waals surface area contributed by atoms with Crippen molar-refractivity contribution in [3.05, 3.63) is 70.8 Å². The molecule has 0 aliphatic rings. The van der Waals surface area contributed by atoms with E-state index in [0.29, 0.717) is 11.3 Å². The van der Waals surface area contributed by atoms with Crippen LogP contribution < -0.4 is 4.74 Å². The minimum absolute atomic E-state index is 0.368. The van der Waals surface area contributed by atoms with Gasteiger partial charge in [-0.15, -0.1) is 0 Å². The Hall–Kier alpha value is -2.20. The molecule has 0 spiro atoms. The van der Waals surface area contributed by atoms with Gasteiger partial charge in [0, 0.05) is 16.1 Å². The molecule has 3 nitrogen and oxygen atoms in total. The lowest BCUT2D eigenvalue weighted by Crippen LogP contribution is -2.07. The van der Waals surface area contributed by atoms with Crippen LogP contribution in [0.3, 0.4) is 0 Å². The van der Waals surface area contributed by atoms with Gasteiger partial charge in [-0.2, -0.15) is 0 Å². The quantitative estimate of drug-likeness (QED) is 0.522. The van der Waals surface area contributed by atoms with Crippen LogP contribution in [-0.2, 0) is 0 Å². The van der Waals surface area contributed by atoms with E-state index >= 15 is 0 Å². The molecule has 98 valence electrons. The first kappa shape index (κ1) is 12.8. The molecule has 20 heavy (non-hydrogen) atoms. The third-order valence-corrected chi connectivity index (χ3v) is 3.27. The molecule has 3 aromatic rings. The van der Waals surface area contributed by atoms with Crippen molar-refractivity contribution in [2.24, 2.45) is 0 Å². The summed E-state index contributed by atoms with van der Waals surface area (Å²) < 4.78 is 6.25. The molecular formula is C16H10BrNO2. The SMILES string of the molecule is O=C(Oc1ccc2ncc(Br)cc2c1)c1ccccc1. The molecule has 0 amide bonds. The average molecular weight is 328 g/mol. The van der Waals surface area contributed by atoms with Crippen molar-refractivity contribution in [3.8, 4) is 5.75 Å². The number of carbonyl (C=O) groups is 1. The summed E-state index contributed by atoms with van der Waals surface area (Å²) in [6.07, 6.45) is 1.73. The van der Waals surface area contributed by atoms with Gasteiger partial charge in [-0.3, -0.25) is 4.98 Å². The highest BCUT2D eigenvalue weighted by atomic mass is 79.9. The van der Waals surface area contributed by atoms with E-state index in [4.69, 9.17) is 4.74 Å². The Morgan fingerprint density at radius 3 is 2.65 bits per heavy atom. The number of esters is 1. The summed E-state index contributed by atoms with van der Waals surface area (Å²) in [5.41, 5.74) is 1.38. The minimum atomic E-state index is -0.368. The summed E-state index contributed by atoms with van der Waals surface area (Å²) in [5.74, 6) is 0.138. The minimum Gasteiger partial charge on any atom is -0.423 e. The Morgan fingerprint density at radius 2 is 1.85 bits per heavy atom. The van der Waals surface area contributed by atoms with Crippen molar-refractivity contribution in [2.45, 2.75) is 0 Å². The fourth-order valence-corrected chi connectivity index (χ4v) is 2.24. The van der Waals surface area contributed by atoms with E-state index in [1.165, 1.54) is 0 Å². The number of hydrogen-bond donors (Lipinski definition) is 0. The Bertz CT molecular complexity index is 772. The molecule has 4 heteroatoms. The second-order valence-electron chi connectivity index (χ2n) is 4.26. The van der Waals surface area contributed by atoms with Crippen molar-refractivity contribution in [2.75, 3.05) is 0 Å². The highest BCUT2D eigenvalue weighted by molar-refractivity contribution is 9.10. The van der Waals surface area contributed by atoms with E-state index in [-0.39, 0.29) is 5.97 Å². The van der Waals surface area contributed by atoms with Crippen LogP contribution in [0.4, 0.5) is 0 Å². The molecule has 0 aliphatic carbocycles. The number of nitrogens with zero attached hydrogens (tertiary/aromatic N) is 1. The first-order chi connectivity index (χ1) is 9.72. The van der Waals surface area contributed by atoms with Crippen LogP contribution in [0.2, 0.25) is 0 Å². The summed E-state index contributed by atoms with van der Waals surface area (Å²) in [6, 6.07) is 16.2. The van der Waals surface area contributed by atoms with Gasteiger partial charge in [0.2, 0.25) is 0 Å². The molecule has 1 heterocycles. The second kappa shape index (κ2) is 5.43. The van der Waals surface area contributed by atoms with Gasteiger partial charge < -0.3 is 4.74 Å². The van der Waals surface area contributed by atoms with Gasteiger partial charge in [-0.05, 0) is 52.3 Å². The first-order valence-corrected chi connectivity index (χ1v) is 6.84. The summed E-state index contributed by atoms with van der Waals surface area (Å²) in [7, 11) is 0. The number of ether oxygens (including phenoxy) is 1. The van der Waals surface area contributed by atoms with Crippen LogP contribution >= 0.6 is 15.9 Å². The van der Waals surface area contributed by atoms with Crippen LogP contribution in [0.1, 0.15) is 10.4 Å². The van der Waals surface area contributed by atoms with E-state index in [2.05, 4.69) is 20.9 Å². The maximum absolute atomic E-state index is 12.0. The molecule has 0 bridgehead atoms. The smallest absolute Gasteiger partial charge is 0.343 e. The van der Waals surface area contributed by atoms with Gasteiger partial charge in [-0.1, -0.05) is 18.2 Å². The third-order valence-electron chi connectivity index (χ3n) is 2.84. The summed E-state index contributed by atoms with van der Waals surface area (Å²) >= 11 is 3.37. The summed E-state index contributed by atoms with van der Waals surface area (Å²) in [5, 5.41) is 0.915. The second-order valence-corrected chi connectivity index (χ2v) is 5.18. The highest BCUT2D eigenvalue weighted by Gasteiger charge is 2.08. The van der Waals surface area contributed by atoms with Crippen LogP contribution in [0, 0.1) is 0 Å². The Morgan fingerprint density at radius 1 is 1.05 bits per heavy atom. The van der Waals surface area contributed by atoms with E-state index in [9.17, 15) is 4.79 Å². The van der Waals surface area contributed by atoms with Crippen molar-refractivity contribution in [1.82, 2.24) is 4.98 Å². The van der Waals surface area contributed by atoms with E-state index in [1.54, 1.807) is 42.6 Å². The highest BCUT2D eigenvalue weighted by Crippen LogP contribution is 2.22. The standard InChI is InChI=1S/C16H10BrNO2/c17-13-8-12-9-14(6-7-15(12)18-10-13)20-16(19)11-4-2-1-3-5-11/h1-10H. The third kappa shape index (κ3) is 2.70. The summed E-state index contributed by atoms with van der Waals surface area (Å²) in [4.78, 5) is 16.2. The Kier molecular flexibility index (Phi) is 3.48. The topological polar surface area (TPSA) is 39.2 Å². The van der Waals surface area contributed by atoms with E-state index < -0.39 is 0 Å². The van der Waals surface area contributed by atoms with E-state index in [1.807, 2.05) is 18.2 Å². The number of hydrogen-bond acceptors (Lipinski definition) is 3. The van der Waals surface area contributed by atoms with Crippen LogP contribution in [-0.4, -0.2) is 11.0 Å². The van der Waals surface area contributed by atoms with Gasteiger partial charge in [-0.25, -0.2) is 4.79 Å². The van der Waals surface area contributed by atoms with Crippen LogP contribution in [0.25, 0.3) is 10.9 Å². The van der Waals surface area contributed by atoms with Crippen molar-refractivity contribution in [1.29, 1.82) is 0 Å². The van der Waals surface area contributed by atoms with Gasteiger partial charge in [0.25, 0.3) is 0 Å². The fraction of sp³-hybridized carbons (Fsp3) is 0. The van der Waals surface area contributed by atoms with Crippen molar-refractivity contribution in [3.63, 3.8) is 0 Å². The maximum Gasteiger partial charge on any atom is 0.343 e. The normalized spacial score (nSPS) is 10.4. The Balaban J connectivity index is 1.89.